The van der Waals surface area contributed by atoms with Gasteiger partial charge in [0.05, 0.1) is 17.1 Å². The topological polar surface area (TPSA) is 63.4 Å². The van der Waals surface area contributed by atoms with Crippen molar-refractivity contribution >= 4 is 23.3 Å². The molecule has 0 bridgehead atoms. The highest BCUT2D eigenvalue weighted by molar-refractivity contribution is 8.00. The van der Waals surface area contributed by atoms with E-state index in [1.165, 1.54) is 5.69 Å². The minimum absolute atomic E-state index is 0.152. The summed E-state index contributed by atoms with van der Waals surface area (Å²) in [5, 5.41) is 4.51. The third-order valence-electron chi connectivity index (χ3n) is 4.14. The Bertz CT molecular complexity index is 893. The Labute approximate surface area is 143 Å². The summed E-state index contributed by atoms with van der Waals surface area (Å²) in [5.41, 5.74) is 4.08. The SMILES string of the molecule is Cc1cc2ncc3c(n2n1)CCN(C(=O)CSc1ccncc1)C3. The van der Waals surface area contributed by atoms with Crippen LogP contribution >= 0.6 is 11.8 Å². The van der Waals surface area contributed by atoms with Gasteiger partial charge >= 0.3 is 0 Å². The van der Waals surface area contributed by atoms with Crippen molar-refractivity contribution < 1.29 is 4.79 Å². The summed E-state index contributed by atoms with van der Waals surface area (Å²) in [6, 6.07) is 5.82. The third kappa shape index (κ3) is 2.87. The van der Waals surface area contributed by atoms with E-state index in [-0.39, 0.29) is 5.91 Å². The monoisotopic (exact) mass is 339 g/mol. The van der Waals surface area contributed by atoms with Gasteiger partial charge in [0.25, 0.3) is 0 Å². The molecule has 4 heterocycles. The molecule has 0 unspecified atom stereocenters. The number of aryl methyl sites for hydroxylation is 1. The van der Waals surface area contributed by atoms with E-state index in [9.17, 15) is 4.79 Å². The predicted octanol–water partition coefficient (Wildman–Crippen LogP) is 2.11. The molecule has 122 valence electrons. The number of amides is 1. The quantitative estimate of drug-likeness (QED) is 0.684. The summed E-state index contributed by atoms with van der Waals surface area (Å²) >= 11 is 1.54. The normalized spacial score (nSPS) is 14.0. The summed E-state index contributed by atoms with van der Waals surface area (Å²) in [7, 11) is 0. The number of fused-ring (bicyclic) bond motifs is 3. The molecule has 4 rings (SSSR count). The van der Waals surface area contributed by atoms with Crippen molar-refractivity contribution in [1.29, 1.82) is 0 Å². The minimum atomic E-state index is 0.152. The van der Waals surface area contributed by atoms with Crippen molar-refractivity contribution in [2.75, 3.05) is 12.3 Å². The van der Waals surface area contributed by atoms with Crippen LogP contribution in [0.3, 0.4) is 0 Å². The van der Waals surface area contributed by atoms with Crippen LogP contribution in [0.1, 0.15) is 17.0 Å². The molecular formula is C17H17N5OS. The zero-order valence-electron chi connectivity index (χ0n) is 13.3. The van der Waals surface area contributed by atoms with Gasteiger partial charge < -0.3 is 4.90 Å². The van der Waals surface area contributed by atoms with Crippen LogP contribution in [0.4, 0.5) is 0 Å². The lowest BCUT2D eigenvalue weighted by molar-refractivity contribution is -0.129. The summed E-state index contributed by atoms with van der Waals surface area (Å²) < 4.78 is 1.91. The molecule has 6 nitrogen and oxygen atoms in total. The van der Waals surface area contributed by atoms with Crippen LogP contribution in [-0.4, -0.2) is 42.7 Å². The molecule has 0 spiro atoms. The maximum Gasteiger partial charge on any atom is 0.233 e. The van der Waals surface area contributed by atoms with Crippen LogP contribution in [0.2, 0.25) is 0 Å². The molecule has 3 aromatic heterocycles. The van der Waals surface area contributed by atoms with Gasteiger partial charge in [-0.25, -0.2) is 9.50 Å². The Balaban J connectivity index is 1.47. The van der Waals surface area contributed by atoms with Crippen LogP contribution in [0.15, 0.2) is 41.7 Å². The molecule has 0 atom stereocenters. The first-order valence-electron chi connectivity index (χ1n) is 7.84. The van der Waals surface area contributed by atoms with E-state index >= 15 is 0 Å². The van der Waals surface area contributed by atoms with Crippen molar-refractivity contribution in [3.05, 3.63) is 53.7 Å². The molecule has 0 fully saturated rings. The van der Waals surface area contributed by atoms with Crippen molar-refractivity contribution in [3.63, 3.8) is 0 Å². The first-order chi connectivity index (χ1) is 11.7. The van der Waals surface area contributed by atoms with Gasteiger partial charge in [0.2, 0.25) is 5.91 Å². The fourth-order valence-electron chi connectivity index (χ4n) is 2.94. The van der Waals surface area contributed by atoms with E-state index in [0.717, 1.165) is 34.8 Å². The molecular weight excluding hydrogens is 322 g/mol. The van der Waals surface area contributed by atoms with Crippen LogP contribution < -0.4 is 0 Å². The van der Waals surface area contributed by atoms with Gasteiger partial charge in [-0.2, -0.15) is 5.10 Å². The smallest absolute Gasteiger partial charge is 0.233 e. The lowest BCUT2D eigenvalue weighted by Crippen LogP contribution is -2.38. The van der Waals surface area contributed by atoms with Gasteiger partial charge in [0.15, 0.2) is 5.65 Å². The lowest BCUT2D eigenvalue weighted by atomic mass is 10.1. The average Bonchev–Trinajstić information content (AvgIpc) is 3.00. The highest BCUT2D eigenvalue weighted by atomic mass is 32.2. The van der Waals surface area contributed by atoms with Gasteiger partial charge in [-0.15, -0.1) is 11.8 Å². The number of hydrogen-bond acceptors (Lipinski definition) is 5. The van der Waals surface area contributed by atoms with Crippen molar-refractivity contribution in [1.82, 2.24) is 24.5 Å². The molecule has 0 saturated heterocycles. The maximum atomic E-state index is 12.5. The number of aromatic nitrogens is 4. The van der Waals surface area contributed by atoms with Gasteiger partial charge in [-0.1, -0.05) is 0 Å². The van der Waals surface area contributed by atoms with Gasteiger partial charge in [0.1, 0.15) is 0 Å². The van der Waals surface area contributed by atoms with Gasteiger partial charge in [0, 0.05) is 54.6 Å². The number of thioether (sulfide) groups is 1. The number of carbonyl (C=O) groups is 1. The van der Waals surface area contributed by atoms with Crippen LogP contribution in [0.25, 0.3) is 5.65 Å². The van der Waals surface area contributed by atoms with E-state index in [0.29, 0.717) is 12.3 Å². The molecule has 0 aromatic carbocycles. The van der Waals surface area contributed by atoms with Crippen molar-refractivity contribution in [2.24, 2.45) is 0 Å². The number of nitrogens with zero attached hydrogens (tertiary/aromatic N) is 5. The van der Waals surface area contributed by atoms with E-state index in [4.69, 9.17) is 0 Å². The second-order valence-electron chi connectivity index (χ2n) is 5.82. The number of hydrogen-bond donors (Lipinski definition) is 0. The molecule has 7 heteroatoms. The molecule has 0 N–H and O–H groups in total. The Hall–Kier alpha value is -2.41. The summed E-state index contributed by atoms with van der Waals surface area (Å²) in [6.45, 7) is 3.30. The Kier molecular flexibility index (Phi) is 3.93. The number of pyridine rings is 1. The lowest BCUT2D eigenvalue weighted by Gasteiger charge is -2.28. The first kappa shape index (κ1) is 15.1. The zero-order chi connectivity index (χ0) is 16.5. The van der Waals surface area contributed by atoms with Crippen molar-refractivity contribution in [3.8, 4) is 0 Å². The molecule has 3 aromatic rings. The summed E-state index contributed by atoms with van der Waals surface area (Å²) in [5.74, 6) is 0.592. The molecule has 1 aliphatic rings. The van der Waals surface area contributed by atoms with Gasteiger partial charge in [-0.05, 0) is 19.1 Å². The highest BCUT2D eigenvalue weighted by Gasteiger charge is 2.23. The highest BCUT2D eigenvalue weighted by Crippen LogP contribution is 2.22. The van der Waals surface area contributed by atoms with E-state index < -0.39 is 0 Å². The molecule has 0 saturated carbocycles. The summed E-state index contributed by atoms with van der Waals surface area (Å²) in [6.07, 6.45) is 6.17. The largest absolute Gasteiger partial charge is 0.337 e. The Morgan fingerprint density at radius 2 is 2.17 bits per heavy atom. The number of carbonyl (C=O) groups excluding carboxylic acids is 1. The standard InChI is InChI=1S/C17H17N5OS/c1-12-8-16-19-9-13-10-21(7-4-15(13)22(16)20-12)17(23)11-24-14-2-5-18-6-3-14/h2-3,5-6,8-9H,4,7,10-11H2,1H3. The van der Waals surface area contributed by atoms with E-state index in [2.05, 4.69) is 15.1 Å². The fourth-order valence-corrected chi connectivity index (χ4v) is 3.73. The fraction of sp³-hybridized carbons (Fsp3) is 0.294. The predicted molar refractivity (Wildman–Crippen MR) is 91.8 cm³/mol. The van der Waals surface area contributed by atoms with Crippen LogP contribution in [-0.2, 0) is 17.8 Å². The molecule has 0 radical (unpaired) electrons. The number of rotatable bonds is 3. The molecule has 24 heavy (non-hydrogen) atoms. The minimum Gasteiger partial charge on any atom is -0.337 e. The molecule has 0 aliphatic carbocycles. The summed E-state index contributed by atoms with van der Waals surface area (Å²) in [4.78, 5) is 23.9. The Morgan fingerprint density at radius 1 is 1.33 bits per heavy atom. The van der Waals surface area contributed by atoms with Crippen LogP contribution in [0.5, 0.6) is 0 Å². The van der Waals surface area contributed by atoms with E-state index in [1.807, 2.05) is 40.7 Å². The third-order valence-corrected chi connectivity index (χ3v) is 5.13. The van der Waals surface area contributed by atoms with Gasteiger partial charge in [-0.3, -0.25) is 9.78 Å². The average molecular weight is 339 g/mol. The Morgan fingerprint density at radius 3 is 3.00 bits per heavy atom. The maximum absolute atomic E-state index is 12.5. The van der Waals surface area contributed by atoms with Crippen LogP contribution in [0, 0.1) is 6.92 Å². The second-order valence-corrected chi connectivity index (χ2v) is 6.87. The van der Waals surface area contributed by atoms with Crippen molar-refractivity contribution in [2.45, 2.75) is 24.8 Å². The molecule has 1 aliphatic heterocycles. The molecule has 1 amide bonds. The second kappa shape index (κ2) is 6.24. The first-order valence-corrected chi connectivity index (χ1v) is 8.83. The van der Waals surface area contributed by atoms with E-state index in [1.54, 1.807) is 24.2 Å². The zero-order valence-corrected chi connectivity index (χ0v) is 14.2.